The summed E-state index contributed by atoms with van der Waals surface area (Å²) in [6, 6.07) is 7.88. The molecule has 1 atom stereocenters. The number of nitrogens with zero attached hydrogens (tertiary/aromatic N) is 3. The predicted octanol–water partition coefficient (Wildman–Crippen LogP) is 4.15. The summed E-state index contributed by atoms with van der Waals surface area (Å²) in [5.41, 5.74) is 0.861. The van der Waals surface area contributed by atoms with E-state index in [1.165, 1.54) is 11.3 Å². The molecule has 1 saturated heterocycles. The Morgan fingerprint density at radius 3 is 2.82 bits per heavy atom. The first-order chi connectivity index (χ1) is 16.6. The molecule has 2 amide bonds. The summed E-state index contributed by atoms with van der Waals surface area (Å²) >= 11 is 3.13. The molecule has 8 nitrogen and oxygen atoms in total. The molecule has 4 aromatic heterocycles. The van der Waals surface area contributed by atoms with Gasteiger partial charge in [0.1, 0.15) is 16.4 Å². The maximum atomic E-state index is 12.8. The lowest BCUT2D eigenvalue weighted by Gasteiger charge is -2.35. The molecule has 5 rings (SSSR count). The second-order valence-corrected chi connectivity index (χ2v) is 10.4. The number of hydrogen-bond acceptors (Lipinski definition) is 7. The van der Waals surface area contributed by atoms with Gasteiger partial charge in [-0.3, -0.25) is 9.69 Å². The first kappa shape index (κ1) is 22.8. The van der Waals surface area contributed by atoms with Gasteiger partial charge in [-0.2, -0.15) is 0 Å². The van der Waals surface area contributed by atoms with E-state index in [0.29, 0.717) is 30.8 Å². The van der Waals surface area contributed by atoms with Crippen molar-refractivity contribution in [1.29, 1.82) is 0 Å². The van der Waals surface area contributed by atoms with Crippen molar-refractivity contribution in [2.75, 3.05) is 26.2 Å². The van der Waals surface area contributed by atoms with E-state index in [1.807, 2.05) is 46.8 Å². The van der Waals surface area contributed by atoms with Crippen LogP contribution in [-0.2, 0) is 13.0 Å². The van der Waals surface area contributed by atoms with Crippen molar-refractivity contribution in [3.63, 3.8) is 0 Å². The fraction of sp³-hybridized carbons (Fsp3) is 0.375. The van der Waals surface area contributed by atoms with E-state index in [4.69, 9.17) is 9.40 Å². The number of nitrogens with one attached hydrogen (secondary N) is 2. The highest BCUT2D eigenvalue weighted by atomic mass is 32.1. The lowest BCUT2D eigenvalue weighted by Crippen LogP contribution is -2.53. The summed E-state index contributed by atoms with van der Waals surface area (Å²) in [5.74, 6) is 1.60. The molecule has 0 unspecified atom stereocenters. The average molecular weight is 498 g/mol. The number of aromatic nitrogens is 2. The molecular weight excluding hydrogens is 470 g/mol. The monoisotopic (exact) mass is 497 g/mol. The van der Waals surface area contributed by atoms with Crippen molar-refractivity contribution < 1.29 is 9.21 Å². The molecule has 10 heteroatoms. The third-order valence-corrected chi connectivity index (χ3v) is 7.86. The number of aryl methyl sites for hydroxylation is 1. The summed E-state index contributed by atoms with van der Waals surface area (Å²) in [6.07, 6.45) is 3.30. The molecule has 34 heavy (non-hydrogen) atoms. The summed E-state index contributed by atoms with van der Waals surface area (Å²) in [4.78, 5) is 39.1. The van der Waals surface area contributed by atoms with Crippen LogP contribution in [-0.4, -0.2) is 58.0 Å². The molecule has 0 aromatic carbocycles. The number of carbonyl (C=O) groups excluding carboxylic acids is 1. The van der Waals surface area contributed by atoms with Gasteiger partial charge in [0.15, 0.2) is 0 Å². The Morgan fingerprint density at radius 2 is 2.09 bits per heavy atom. The highest BCUT2D eigenvalue weighted by molar-refractivity contribution is 7.18. The van der Waals surface area contributed by atoms with E-state index in [1.54, 1.807) is 17.6 Å². The number of amides is 2. The lowest BCUT2D eigenvalue weighted by molar-refractivity contribution is 0.131. The Morgan fingerprint density at radius 1 is 1.24 bits per heavy atom. The maximum absolute atomic E-state index is 12.8. The number of aromatic amines is 1. The smallest absolute Gasteiger partial charge is 0.317 e. The van der Waals surface area contributed by atoms with Gasteiger partial charge in [-0.05, 0) is 36.9 Å². The minimum Gasteiger partial charge on any atom is -0.469 e. The van der Waals surface area contributed by atoms with Crippen LogP contribution in [0.25, 0.3) is 20.7 Å². The second-order valence-electron chi connectivity index (χ2n) is 8.55. The Kier molecular flexibility index (Phi) is 6.80. The van der Waals surface area contributed by atoms with Gasteiger partial charge in [0.25, 0.3) is 5.56 Å². The van der Waals surface area contributed by atoms with Crippen LogP contribution in [0.2, 0.25) is 0 Å². The Balaban J connectivity index is 1.14. The third-order valence-electron chi connectivity index (χ3n) is 6.09. The number of urea groups is 1. The molecule has 0 saturated carbocycles. The van der Waals surface area contributed by atoms with Crippen LogP contribution in [0.15, 0.2) is 50.5 Å². The van der Waals surface area contributed by atoms with Gasteiger partial charge in [-0.1, -0.05) is 6.07 Å². The van der Waals surface area contributed by atoms with Crippen molar-refractivity contribution in [3.8, 4) is 10.4 Å². The molecule has 0 spiro atoms. The van der Waals surface area contributed by atoms with E-state index in [2.05, 4.69) is 15.2 Å². The Labute approximate surface area is 205 Å². The number of furan rings is 1. The molecule has 1 fully saturated rings. The fourth-order valence-corrected chi connectivity index (χ4v) is 5.97. The van der Waals surface area contributed by atoms with Crippen LogP contribution in [0.5, 0.6) is 0 Å². The summed E-state index contributed by atoms with van der Waals surface area (Å²) in [6.45, 7) is 5.34. The molecule has 2 N–H and O–H groups in total. The maximum Gasteiger partial charge on any atom is 0.317 e. The zero-order valence-electron chi connectivity index (χ0n) is 19.0. The molecule has 0 aliphatic carbocycles. The van der Waals surface area contributed by atoms with Crippen LogP contribution < -0.4 is 10.9 Å². The largest absolute Gasteiger partial charge is 0.469 e. The van der Waals surface area contributed by atoms with Crippen molar-refractivity contribution in [2.45, 2.75) is 32.4 Å². The molecular formula is C24H27N5O3S2. The first-order valence-electron chi connectivity index (χ1n) is 11.4. The van der Waals surface area contributed by atoms with Crippen molar-refractivity contribution >= 4 is 38.9 Å². The van der Waals surface area contributed by atoms with Crippen molar-refractivity contribution in [2.24, 2.45) is 0 Å². The number of piperazine rings is 1. The number of H-pyrrole nitrogens is 1. The number of carbonyl (C=O) groups is 1. The van der Waals surface area contributed by atoms with Gasteiger partial charge < -0.3 is 19.6 Å². The SMILES string of the molecule is C[C@H](CCc1ccco1)NC(=O)N1CCN(Cc2nc3scc(-c4cccs4)c3c(=O)[nH]2)CC1. The van der Waals surface area contributed by atoms with Crippen LogP contribution >= 0.6 is 22.7 Å². The first-order valence-corrected chi connectivity index (χ1v) is 13.2. The van der Waals surface area contributed by atoms with E-state index in [0.717, 1.165) is 47.0 Å². The molecule has 1 aliphatic rings. The third kappa shape index (κ3) is 5.08. The fourth-order valence-electron chi connectivity index (χ4n) is 4.19. The lowest BCUT2D eigenvalue weighted by atomic mass is 10.1. The molecule has 0 bridgehead atoms. The predicted molar refractivity (Wildman–Crippen MR) is 135 cm³/mol. The second kappa shape index (κ2) is 10.1. The van der Waals surface area contributed by atoms with E-state index in [-0.39, 0.29) is 17.6 Å². The van der Waals surface area contributed by atoms with E-state index >= 15 is 0 Å². The summed E-state index contributed by atoms with van der Waals surface area (Å²) in [5, 5.41) is 7.77. The highest BCUT2D eigenvalue weighted by Gasteiger charge is 2.23. The molecule has 178 valence electrons. The molecule has 0 radical (unpaired) electrons. The quantitative estimate of drug-likeness (QED) is 0.400. The normalized spacial score (nSPS) is 15.6. The zero-order chi connectivity index (χ0) is 23.5. The van der Waals surface area contributed by atoms with Gasteiger partial charge in [0, 0.05) is 54.5 Å². The standard InChI is InChI=1S/C24H27N5O3S2/c1-16(6-7-17-4-2-12-32-17)25-24(31)29-10-8-28(9-11-29)14-20-26-22(30)21-18(15-34-23(21)27-20)19-5-3-13-33-19/h2-5,12-13,15-16H,6-11,14H2,1H3,(H,25,31)(H,26,27,30)/t16-/m1/s1. The summed E-state index contributed by atoms with van der Waals surface area (Å²) < 4.78 is 5.36. The van der Waals surface area contributed by atoms with Crippen molar-refractivity contribution in [1.82, 2.24) is 25.1 Å². The highest BCUT2D eigenvalue weighted by Crippen LogP contribution is 2.33. The molecule has 4 aromatic rings. The van der Waals surface area contributed by atoms with Gasteiger partial charge in [-0.15, -0.1) is 22.7 Å². The van der Waals surface area contributed by atoms with Crippen LogP contribution in [0.1, 0.15) is 24.9 Å². The van der Waals surface area contributed by atoms with E-state index < -0.39 is 0 Å². The molecule has 5 heterocycles. The van der Waals surface area contributed by atoms with Gasteiger partial charge in [0.2, 0.25) is 0 Å². The van der Waals surface area contributed by atoms with Gasteiger partial charge in [-0.25, -0.2) is 9.78 Å². The van der Waals surface area contributed by atoms with Crippen LogP contribution in [0, 0.1) is 0 Å². The van der Waals surface area contributed by atoms with E-state index in [9.17, 15) is 9.59 Å². The van der Waals surface area contributed by atoms with Gasteiger partial charge in [0.05, 0.1) is 18.2 Å². The average Bonchev–Trinajstić information content (AvgIpc) is 3.59. The number of thiophene rings is 2. The number of rotatable bonds is 7. The minimum absolute atomic E-state index is 0.0285. The number of hydrogen-bond donors (Lipinski definition) is 2. The van der Waals surface area contributed by atoms with Crippen LogP contribution in [0.3, 0.4) is 0 Å². The summed E-state index contributed by atoms with van der Waals surface area (Å²) in [7, 11) is 0. The number of fused-ring (bicyclic) bond motifs is 1. The minimum atomic E-state index is -0.0915. The van der Waals surface area contributed by atoms with Gasteiger partial charge >= 0.3 is 6.03 Å². The Bertz CT molecular complexity index is 1290. The zero-order valence-corrected chi connectivity index (χ0v) is 20.6. The van der Waals surface area contributed by atoms with Crippen molar-refractivity contribution in [3.05, 3.63) is 63.2 Å². The topological polar surface area (TPSA) is 94.5 Å². The molecule has 1 aliphatic heterocycles. The van der Waals surface area contributed by atoms with Crippen LogP contribution in [0.4, 0.5) is 4.79 Å². The Hall–Kier alpha value is -2.95.